The fourth-order valence-electron chi connectivity index (χ4n) is 2.97. The van der Waals surface area contributed by atoms with Crippen LogP contribution in [0, 0.1) is 10.1 Å². The molecule has 0 saturated heterocycles. The van der Waals surface area contributed by atoms with Crippen molar-refractivity contribution in [2.24, 2.45) is 0 Å². The minimum atomic E-state index is -3.70. The van der Waals surface area contributed by atoms with Gasteiger partial charge in [-0.15, -0.1) is 0 Å². The molecular weight excluding hydrogens is 435 g/mol. The number of aliphatic hydroxyl groups is 1. The number of nitro groups is 1. The van der Waals surface area contributed by atoms with E-state index in [4.69, 9.17) is 9.05 Å². The first kappa shape index (κ1) is 23.5. The zero-order valence-corrected chi connectivity index (χ0v) is 18.4. The highest BCUT2D eigenvalue weighted by Crippen LogP contribution is 2.59. The van der Waals surface area contributed by atoms with Crippen LogP contribution in [-0.4, -0.2) is 33.2 Å². The quantitative estimate of drug-likeness (QED) is 0.243. The number of rotatable bonds is 10. The Morgan fingerprint density at radius 1 is 1.09 bits per heavy atom. The zero-order valence-electron chi connectivity index (χ0n) is 17.5. The van der Waals surface area contributed by atoms with Crippen LogP contribution in [0.5, 0.6) is 0 Å². The number of aliphatic hydroxyl groups excluding tert-OH is 1. The van der Waals surface area contributed by atoms with Crippen LogP contribution in [0.4, 0.5) is 17.2 Å². The van der Waals surface area contributed by atoms with E-state index < -0.39 is 18.4 Å². The molecule has 1 aromatic heterocycles. The maximum atomic E-state index is 12.8. The summed E-state index contributed by atoms with van der Waals surface area (Å²) >= 11 is 0. The van der Waals surface area contributed by atoms with Crippen LogP contribution in [-0.2, 0) is 13.6 Å². The van der Waals surface area contributed by atoms with Crippen LogP contribution in [0.2, 0.25) is 0 Å². The molecule has 3 rings (SSSR count). The summed E-state index contributed by atoms with van der Waals surface area (Å²) in [6.45, 7) is 3.65. The van der Waals surface area contributed by atoms with E-state index in [1.54, 1.807) is 56.3 Å². The lowest BCUT2D eigenvalue weighted by Gasteiger charge is -2.22. The van der Waals surface area contributed by atoms with E-state index in [9.17, 15) is 19.8 Å². The highest BCUT2D eigenvalue weighted by Gasteiger charge is 2.35. The Kier molecular flexibility index (Phi) is 7.66. The first-order chi connectivity index (χ1) is 15.4. The van der Waals surface area contributed by atoms with Gasteiger partial charge in [-0.25, -0.2) is 9.97 Å². The van der Waals surface area contributed by atoms with Crippen LogP contribution in [0.15, 0.2) is 60.9 Å². The molecule has 0 aliphatic heterocycles. The van der Waals surface area contributed by atoms with Gasteiger partial charge >= 0.3 is 7.60 Å². The van der Waals surface area contributed by atoms with Gasteiger partial charge in [-0.3, -0.25) is 14.7 Å². The molecule has 0 saturated carbocycles. The first-order valence-corrected chi connectivity index (χ1v) is 11.5. The zero-order chi connectivity index (χ0) is 23.1. The lowest BCUT2D eigenvalue weighted by molar-refractivity contribution is -0.384. The first-order valence-electron chi connectivity index (χ1n) is 9.87. The van der Waals surface area contributed by atoms with E-state index in [0.717, 1.165) is 0 Å². The minimum Gasteiger partial charge on any atom is -0.376 e. The van der Waals surface area contributed by atoms with Gasteiger partial charge in [0.2, 0.25) is 0 Å². The topological polar surface area (TPSA) is 137 Å². The molecule has 168 valence electrons. The molecule has 0 fully saturated rings. The van der Waals surface area contributed by atoms with Gasteiger partial charge in [0, 0.05) is 29.4 Å². The number of hydrogen-bond acceptors (Lipinski definition) is 9. The molecule has 0 spiro atoms. The average molecular weight is 458 g/mol. The van der Waals surface area contributed by atoms with Crippen molar-refractivity contribution in [1.29, 1.82) is 0 Å². The van der Waals surface area contributed by atoms with Crippen molar-refractivity contribution in [3.8, 4) is 11.3 Å². The third-order valence-corrected chi connectivity index (χ3v) is 6.55. The highest BCUT2D eigenvalue weighted by atomic mass is 31.2. The largest absolute Gasteiger partial charge is 0.376 e. The van der Waals surface area contributed by atoms with E-state index in [2.05, 4.69) is 15.3 Å². The standard InChI is InChI=1S/C21H23N4O6P/c1-3-30-32(29,31-4-2)21(26)15-8-10-17(11-9-15)24-20-13-19(22-14-23-20)16-6-5-7-18(12-16)25(27)28/h5-14,21,26H,3-4H2,1-2H3,(H,22,23,24). The monoisotopic (exact) mass is 458 g/mol. The molecule has 2 aromatic carbocycles. The maximum absolute atomic E-state index is 12.8. The predicted octanol–water partition coefficient (Wildman–Crippen LogP) is 5.05. The third kappa shape index (κ3) is 5.54. The summed E-state index contributed by atoms with van der Waals surface area (Å²) in [5.41, 5.74) is 2.13. The van der Waals surface area contributed by atoms with Gasteiger partial charge in [-0.2, -0.15) is 0 Å². The molecule has 2 N–H and O–H groups in total. The summed E-state index contributed by atoms with van der Waals surface area (Å²) in [6, 6.07) is 14.4. The maximum Gasteiger partial charge on any atom is 0.363 e. The summed E-state index contributed by atoms with van der Waals surface area (Å²) < 4.78 is 23.2. The van der Waals surface area contributed by atoms with Crippen molar-refractivity contribution >= 4 is 24.8 Å². The van der Waals surface area contributed by atoms with Gasteiger partial charge < -0.3 is 19.5 Å². The van der Waals surface area contributed by atoms with E-state index >= 15 is 0 Å². The molecular formula is C21H23N4O6P. The van der Waals surface area contributed by atoms with Crippen molar-refractivity contribution in [2.45, 2.75) is 19.7 Å². The minimum absolute atomic E-state index is 0.0267. The van der Waals surface area contributed by atoms with Gasteiger partial charge in [-0.05, 0) is 31.5 Å². The predicted molar refractivity (Wildman–Crippen MR) is 120 cm³/mol. The molecule has 32 heavy (non-hydrogen) atoms. The number of nitro benzene ring substituents is 1. The Labute approximate surface area is 184 Å². The van der Waals surface area contributed by atoms with E-state index in [1.807, 2.05) is 0 Å². The molecule has 0 bridgehead atoms. The second-order valence-electron chi connectivity index (χ2n) is 6.59. The lowest BCUT2D eigenvalue weighted by Crippen LogP contribution is -2.06. The Balaban J connectivity index is 1.77. The summed E-state index contributed by atoms with van der Waals surface area (Å²) in [4.78, 5) is 18.9. The van der Waals surface area contributed by atoms with Crippen molar-refractivity contribution in [2.75, 3.05) is 18.5 Å². The lowest BCUT2D eigenvalue weighted by atomic mass is 10.1. The van der Waals surface area contributed by atoms with Gasteiger partial charge in [0.15, 0.2) is 5.85 Å². The molecule has 1 atom stereocenters. The smallest absolute Gasteiger partial charge is 0.363 e. The van der Waals surface area contributed by atoms with Gasteiger partial charge in [0.05, 0.1) is 23.8 Å². The second kappa shape index (κ2) is 10.4. The summed E-state index contributed by atoms with van der Waals surface area (Å²) in [6.07, 6.45) is 1.36. The SMILES string of the molecule is CCOP(=O)(OCC)C(O)c1ccc(Nc2cc(-c3cccc([N+](=O)[O-])c3)ncn2)cc1. The third-order valence-electron chi connectivity index (χ3n) is 4.42. The van der Waals surface area contributed by atoms with Crippen LogP contribution in [0.25, 0.3) is 11.3 Å². The molecule has 0 radical (unpaired) electrons. The number of nitrogens with one attached hydrogen (secondary N) is 1. The number of benzene rings is 2. The van der Waals surface area contributed by atoms with Crippen molar-refractivity contribution in [3.63, 3.8) is 0 Å². The van der Waals surface area contributed by atoms with Crippen LogP contribution >= 0.6 is 7.60 Å². The Hall–Kier alpha value is -3.17. The Bertz CT molecular complexity index is 1120. The number of hydrogen-bond donors (Lipinski definition) is 2. The van der Waals surface area contributed by atoms with Gasteiger partial charge in [0.1, 0.15) is 12.1 Å². The number of aromatic nitrogens is 2. The molecule has 0 amide bonds. The Morgan fingerprint density at radius 3 is 2.41 bits per heavy atom. The summed E-state index contributed by atoms with van der Waals surface area (Å²) in [5.74, 6) is -0.930. The second-order valence-corrected chi connectivity index (χ2v) is 8.68. The van der Waals surface area contributed by atoms with Crippen LogP contribution < -0.4 is 5.32 Å². The molecule has 0 aliphatic rings. The number of nitrogens with zero attached hydrogens (tertiary/aromatic N) is 3. The van der Waals surface area contributed by atoms with Crippen LogP contribution in [0.1, 0.15) is 25.3 Å². The summed E-state index contributed by atoms with van der Waals surface area (Å²) in [5, 5.41) is 24.6. The number of anilines is 2. The van der Waals surface area contributed by atoms with Gasteiger partial charge in [-0.1, -0.05) is 24.3 Å². The molecule has 3 aromatic rings. The normalized spacial score (nSPS) is 12.3. The molecule has 1 heterocycles. The van der Waals surface area contributed by atoms with Crippen molar-refractivity contribution in [1.82, 2.24) is 9.97 Å². The molecule has 0 aliphatic carbocycles. The fraction of sp³-hybridized carbons (Fsp3) is 0.238. The van der Waals surface area contributed by atoms with Crippen LogP contribution in [0.3, 0.4) is 0 Å². The van der Waals surface area contributed by atoms with E-state index in [1.165, 1.54) is 18.5 Å². The highest BCUT2D eigenvalue weighted by molar-refractivity contribution is 7.54. The van der Waals surface area contributed by atoms with Crippen molar-refractivity contribution < 1.29 is 23.6 Å². The molecule has 11 heteroatoms. The number of non-ortho nitro benzene ring substituents is 1. The fourth-order valence-corrected chi connectivity index (χ4v) is 4.58. The molecule has 1 unspecified atom stereocenters. The van der Waals surface area contributed by atoms with E-state index in [0.29, 0.717) is 28.3 Å². The summed E-state index contributed by atoms with van der Waals surface area (Å²) in [7, 11) is -3.70. The molecule has 10 nitrogen and oxygen atoms in total. The Morgan fingerprint density at radius 2 is 1.78 bits per heavy atom. The average Bonchev–Trinajstić information content (AvgIpc) is 2.80. The van der Waals surface area contributed by atoms with Gasteiger partial charge in [0.25, 0.3) is 5.69 Å². The van der Waals surface area contributed by atoms with Crippen molar-refractivity contribution in [3.05, 3.63) is 76.6 Å². The van der Waals surface area contributed by atoms with E-state index in [-0.39, 0.29) is 18.9 Å².